The highest BCUT2D eigenvalue weighted by Crippen LogP contribution is 2.59. The lowest BCUT2D eigenvalue weighted by molar-refractivity contribution is -0.0259. The largest absolute Gasteiger partial charge is 0.0874 e. The fourth-order valence-corrected chi connectivity index (χ4v) is 6.44. The second-order valence-electron chi connectivity index (χ2n) is 9.89. The van der Waals surface area contributed by atoms with Crippen LogP contribution < -0.4 is 0 Å². The Kier molecular flexibility index (Phi) is 9.98. The average molecular weight is 363 g/mol. The Morgan fingerprint density at radius 1 is 0.654 bits per heavy atom. The van der Waals surface area contributed by atoms with Crippen molar-refractivity contribution in [3.63, 3.8) is 0 Å². The molecule has 0 N–H and O–H groups in total. The van der Waals surface area contributed by atoms with Gasteiger partial charge >= 0.3 is 0 Å². The molecule has 0 bridgehead atoms. The van der Waals surface area contributed by atoms with Crippen LogP contribution >= 0.6 is 0 Å². The number of hydrogen-bond donors (Lipinski definition) is 0. The molecule has 0 radical (unpaired) electrons. The summed E-state index contributed by atoms with van der Waals surface area (Å²) < 4.78 is 0. The van der Waals surface area contributed by atoms with Crippen LogP contribution in [0.2, 0.25) is 0 Å². The Morgan fingerprint density at radius 2 is 1.04 bits per heavy atom. The minimum absolute atomic E-state index is 0.411. The van der Waals surface area contributed by atoms with Gasteiger partial charge in [-0.2, -0.15) is 0 Å². The highest BCUT2D eigenvalue weighted by Gasteiger charge is 2.51. The molecule has 1 rings (SSSR count). The third kappa shape index (κ3) is 4.96. The van der Waals surface area contributed by atoms with Gasteiger partial charge in [-0.15, -0.1) is 0 Å². The molecule has 0 saturated heterocycles. The van der Waals surface area contributed by atoms with Crippen molar-refractivity contribution < 1.29 is 0 Å². The molecule has 0 fully saturated rings. The van der Waals surface area contributed by atoms with Crippen LogP contribution in [-0.4, -0.2) is 0 Å². The van der Waals surface area contributed by atoms with Crippen molar-refractivity contribution in [2.24, 2.45) is 34.5 Å². The van der Waals surface area contributed by atoms with E-state index in [0.29, 0.717) is 10.8 Å². The topological polar surface area (TPSA) is 0 Å². The lowest BCUT2D eigenvalue weighted by Gasteiger charge is -2.56. The molecule has 0 aromatic heterocycles. The van der Waals surface area contributed by atoms with Crippen molar-refractivity contribution in [2.45, 2.75) is 120 Å². The second kappa shape index (κ2) is 10.9. The van der Waals surface area contributed by atoms with Gasteiger partial charge in [-0.1, -0.05) is 119 Å². The van der Waals surface area contributed by atoms with E-state index in [-0.39, 0.29) is 0 Å². The molecule has 4 atom stereocenters. The van der Waals surface area contributed by atoms with E-state index in [9.17, 15) is 0 Å². The summed E-state index contributed by atoms with van der Waals surface area (Å²) in [6, 6.07) is 0. The quantitative estimate of drug-likeness (QED) is 0.304. The van der Waals surface area contributed by atoms with E-state index >= 15 is 0 Å². The smallest absolute Gasteiger partial charge is 0.00614 e. The van der Waals surface area contributed by atoms with Crippen molar-refractivity contribution in [2.75, 3.05) is 0 Å². The molecular formula is C26H50. The predicted molar refractivity (Wildman–Crippen MR) is 120 cm³/mol. The summed E-state index contributed by atoms with van der Waals surface area (Å²) in [5.41, 5.74) is 0.916. The van der Waals surface area contributed by atoms with Crippen LogP contribution in [0.3, 0.4) is 0 Å². The van der Waals surface area contributed by atoms with Gasteiger partial charge in [0.15, 0.2) is 0 Å². The molecule has 0 heterocycles. The first-order valence-electron chi connectivity index (χ1n) is 12.0. The number of allylic oxidation sites excluding steroid dienone is 2. The molecule has 1 aliphatic rings. The lowest BCUT2D eigenvalue weighted by Crippen LogP contribution is -2.47. The van der Waals surface area contributed by atoms with Gasteiger partial charge < -0.3 is 0 Å². The minimum atomic E-state index is 0.411. The summed E-state index contributed by atoms with van der Waals surface area (Å²) in [5, 5.41) is 0. The molecule has 0 aliphatic heterocycles. The maximum atomic E-state index is 2.70. The zero-order valence-electron chi connectivity index (χ0n) is 19.5. The number of hydrogen-bond acceptors (Lipinski definition) is 0. The van der Waals surface area contributed by atoms with Gasteiger partial charge in [0.25, 0.3) is 0 Å². The van der Waals surface area contributed by atoms with Crippen molar-refractivity contribution >= 4 is 0 Å². The van der Waals surface area contributed by atoms with E-state index in [0.717, 1.165) is 23.7 Å². The van der Waals surface area contributed by atoms with Crippen molar-refractivity contribution in [3.05, 3.63) is 12.2 Å². The highest BCUT2D eigenvalue weighted by molar-refractivity contribution is 5.15. The van der Waals surface area contributed by atoms with E-state index in [1.807, 2.05) is 0 Å². The van der Waals surface area contributed by atoms with Gasteiger partial charge in [0.1, 0.15) is 0 Å². The van der Waals surface area contributed by atoms with Gasteiger partial charge in [0.2, 0.25) is 0 Å². The van der Waals surface area contributed by atoms with Gasteiger partial charge in [-0.05, 0) is 47.3 Å². The van der Waals surface area contributed by atoms with Crippen molar-refractivity contribution in [1.29, 1.82) is 0 Å². The molecule has 0 heteroatoms. The van der Waals surface area contributed by atoms with Crippen LogP contribution in [0.4, 0.5) is 0 Å². The summed E-state index contributed by atoms with van der Waals surface area (Å²) in [7, 11) is 0. The van der Waals surface area contributed by atoms with Crippen LogP contribution in [-0.2, 0) is 0 Å². The summed E-state index contributed by atoms with van der Waals surface area (Å²) in [4.78, 5) is 0. The SMILES string of the molecule is CCCC(C)C1(C(C)CCC)C=CCC(C(C)CCC)(C(C)CCC)C1. The van der Waals surface area contributed by atoms with Crippen LogP contribution in [0.25, 0.3) is 0 Å². The molecule has 26 heavy (non-hydrogen) atoms. The van der Waals surface area contributed by atoms with Crippen LogP contribution in [0.1, 0.15) is 120 Å². The molecule has 0 amide bonds. The van der Waals surface area contributed by atoms with E-state index in [1.54, 1.807) is 0 Å². The first-order chi connectivity index (χ1) is 12.3. The first kappa shape index (κ1) is 23.8. The fraction of sp³-hybridized carbons (Fsp3) is 0.923. The molecule has 1 aliphatic carbocycles. The van der Waals surface area contributed by atoms with Crippen LogP contribution in [0.15, 0.2) is 12.2 Å². The third-order valence-corrected chi connectivity index (χ3v) is 8.25. The standard InChI is InChI=1S/C26H50/c1-9-14-21(5)25(22(6)15-10-2)18-13-19-26(20-25,23(7)16-11-3)24(8)17-12-4/h13,18,21-24H,9-12,14-17,19-20H2,1-8H3. The van der Waals surface area contributed by atoms with Gasteiger partial charge in [0, 0.05) is 0 Å². The molecule has 154 valence electrons. The summed E-state index contributed by atoms with van der Waals surface area (Å²) in [5.74, 6) is 3.27. The molecule has 0 aromatic rings. The zero-order chi connectivity index (χ0) is 19.8. The maximum Gasteiger partial charge on any atom is -0.00614 e. The summed E-state index contributed by atoms with van der Waals surface area (Å²) >= 11 is 0. The normalized spacial score (nSPS) is 30.8. The van der Waals surface area contributed by atoms with Gasteiger partial charge in [0.05, 0.1) is 0 Å². The fourth-order valence-electron chi connectivity index (χ4n) is 6.44. The van der Waals surface area contributed by atoms with E-state index in [2.05, 4.69) is 67.5 Å². The number of rotatable bonds is 12. The average Bonchev–Trinajstić information content (AvgIpc) is 2.62. The Labute approximate surface area is 166 Å². The molecule has 0 aromatic carbocycles. The summed E-state index contributed by atoms with van der Waals surface area (Å²) in [6.07, 6.45) is 18.9. The lowest BCUT2D eigenvalue weighted by atomic mass is 9.49. The predicted octanol–water partition coefficient (Wildman–Crippen LogP) is 9.05. The molecule has 0 saturated carbocycles. The van der Waals surface area contributed by atoms with E-state index < -0.39 is 0 Å². The van der Waals surface area contributed by atoms with Crippen molar-refractivity contribution in [1.82, 2.24) is 0 Å². The van der Waals surface area contributed by atoms with Gasteiger partial charge in [-0.25, -0.2) is 0 Å². The molecule has 0 nitrogen and oxygen atoms in total. The Morgan fingerprint density at radius 3 is 1.42 bits per heavy atom. The Bertz CT molecular complexity index is 380. The maximum absolute atomic E-state index is 2.70. The second-order valence-corrected chi connectivity index (χ2v) is 9.89. The van der Waals surface area contributed by atoms with Crippen LogP contribution in [0.5, 0.6) is 0 Å². The Balaban J connectivity index is 3.35. The first-order valence-corrected chi connectivity index (χ1v) is 12.0. The van der Waals surface area contributed by atoms with Gasteiger partial charge in [-0.3, -0.25) is 0 Å². The highest BCUT2D eigenvalue weighted by atomic mass is 14.5. The minimum Gasteiger partial charge on any atom is -0.0874 e. The van der Waals surface area contributed by atoms with E-state index in [4.69, 9.17) is 0 Å². The Hall–Kier alpha value is -0.260. The molecular weight excluding hydrogens is 312 g/mol. The molecule has 0 spiro atoms. The zero-order valence-corrected chi connectivity index (χ0v) is 19.5. The monoisotopic (exact) mass is 362 g/mol. The van der Waals surface area contributed by atoms with E-state index in [1.165, 1.54) is 64.2 Å². The van der Waals surface area contributed by atoms with Crippen LogP contribution in [0, 0.1) is 34.5 Å². The molecule has 4 unspecified atom stereocenters. The summed E-state index contributed by atoms with van der Waals surface area (Å²) in [6.45, 7) is 19.8. The third-order valence-electron chi connectivity index (χ3n) is 8.25. The van der Waals surface area contributed by atoms with Crippen molar-refractivity contribution in [3.8, 4) is 0 Å².